The first-order valence-electron chi connectivity index (χ1n) is 7.35. The van der Waals surface area contributed by atoms with Crippen LogP contribution in [0.2, 0.25) is 0 Å². The highest BCUT2D eigenvalue weighted by Gasteiger charge is 2.26. The van der Waals surface area contributed by atoms with Gasteiger partial charge in [-0.3, -0.25) is 14.6 Å². The number of hydrogen-bond donors (Lipinski definition) is 0. The van der Waals surface area contributed by atoms with Gasteiger partial charge in [-0.15, -0.1) is 0 Å². The minimum Gasteiger partial charge on any atom is -0.457 e. The van der Waals surface area contributed by atoms with Crippen molar-refractivity contribution in [2.24, 2.45) is 0 Å². The van der Waals surface area contributed by atoms with Crippen molar-refractivity contribution in [1.29, 1.82) is 0 Å². The predicted octanol–water partition coefficient (Wildman–Crippen LogP) is 2.15. The molecule has 4 nitrogen and oxygen atoms in total. The summed E-state index contributed by atoms with van der Waals surface area (Å²) < 4.78 is 5.44. The third-order valence-corrected chi connectivity index (χ3v) is 4.43. The lowest BCUT2D eigenvalue weighted by Crippen LogP contribution is -2.49. The van der Waals surface area contributed by atoms with E-state index in [0.717, 1.165) is 37.7 Å². The number of piperazine rings is 1. The maximum absolute atomic E-state index is 10.6. The van der Waals surface area contributed by atoms with Crippen LogP contribution in [0.1, 0.15) is 42.0 Å². The molecule has 19 heavy (non-hydrogen) atoms. The first-order valence-corrected chi connectivity index (χ1v) is 7.35. The summed E-state index contributed by atoms with van der Waals surface area (Å²) in [4.78, 5) is 15.7. The van der Waals surface area contributed by atoms with Gasteiger partial charge in [0.25, 0.3) is 0 Å². The van der Waals surface area contributed by atoms with Gasteiger partial charge in [-0.2, -0.15) is 0 Å². The van der Waals surface area contributed by atoms with Crippen molar-refractivity contribution >= 4 is 6.29 Å². The average molecular weight is 262 g/mol. The normalized spacial score (nSPS) is 22.9. The van der Waals surface area contributed by atoms with E-state index in [9.17, 15) is 4.79 Å². The standard InChI is InChI=1S/C15H22N2O2/c18-12-15-6-5-14(19-15)11-16-7-9-17(10-8-16)13-3-1-2-4-13/h5-6,12-13H,1-4,7-11H2. The molecule has 3 rings (SSSR count). The summed E-state index contributed by atoms with van der Waals surface area (Å²) in [6.07, 6.45) is 6.36. The summed E-state index contributed by atoms with van der Waals surface area (Å²) >= 11 is 0. The van der Waals surface area contributed by atoms with E-state index in [1.165, 1.54) is 38.8 Å². The van der Waals surface area contributed by atoms with Crippen LogP contribution in [0, 0.1) is 0 Å². The van der Waals surface area contributed by atoms with Crippen LogP contribution in [0.5, 0.6) is 0 Å². The number of carbonyl (C=O) groups excluding carboxylic acids is 1. The molecule has 1 aliphatic heterocycles. The summed E-state index contributed by atoms with van der Waals surface area (Å²) in [5.41, 5.74) is 0. The lowest BCUT2D eigenvalue weighted by Gasteiger charge is -2.37. The molecule has 1 aromatic heterocycles. The second-order valence-corrected chi connectivity index (χ2v) is 5.67. The van der Waals surface area contributed by atoms with Gasteiger partial charge in [0.1, 0.15) is 5.76 Å². The molecule has 0 atom stereocenters. The summed E-state index contributed by atoms with van der Waals surface area (Å²) in [7, 11) is 0. The molecule has 4 heteroatoms. The number of furan rings is 1. The van der Waals surface area contributed by atoms with Crippen LogP contribution in [0.15, 0.2) is 16.5 Å². The lowest BCUT2D eigenvalue weighted by molar-refractivity contribution is 0.0887. The number of aldehydes is 1. The van der Waals surface area contributed by atoms with E-state index in [4.69, 9.17) is 4.42 Å². The maximum Gasteiger partial charge on any atom is 0.185 e. The van der Waals surface area contributed by atoms with Gasteiger partial charge in [0.2, 0.25) is 0 Å². The third-order valence-electron chi connectivity index (χ3n) is 4.43. The molecule has 1 saturated heterocycles. The molecule has 0 unspecified atom stereocenters. The van der Waals surface area contributed by atoms with Gasteiger partial charge in [-0.1, -0.05) is 12.8 Å². The fraction of sp³-hybridized carbons (Fsp3) is 0.667. The summed E-state index contributed by atoms with van der Waals surface area (Å²) in [6.45, 7) is 5.38. The number of nitrogens with zero attached hydrogens (tertiary/aromatic N) is 2. The molecule has 0 radical (unpaired) electrons. The van der Waals surface area contributed by atoms with Gasteiger partial charge in [-0.25, -0.2) is 0 Å². The second-order valence-electron chi connectivity index (χ2n) is 5.67. The molecule has 104 valence electrons. The first kappa shape index (κ1) is 12.9. The van der Waals surface area contributed by atoms with Crippen LogP contribution >= 0.6 is 0 Å². The highest BCUT2D eigenvalue weighted by atomic mass is 16.3. The number of rotatable bonds is 4. The van der Waals surface area contributed by atoms with E-state index in [-0.39, 0.29) is 0 Å². The Morgan fingerprint density at radius 3 is 2.53 bits per heavy atom. The third kappa shape index (κ3) is 3.07. The van der Waals surface area contributed by atoms with Crippen molar-refractivity contribution in [3.8, 4) is 0 Å². The molecule has 1 aliphatic carbocycles. The zero-order chi connectivity index (χ0) is 13.1. The number of hydrogen-bond acceptors (Lipinski definition) is 4. The lowest BCUT2D eigenvalue weighted by atomic mass is 10.2. The fourth-order valence-corrected chi connectivity index (χ4v) is 3.32. The minimum absolute atomic E-state index is 0.430. The van der Waals surface area contributed by atoms with Gasteiger partial charge in [0.15, 0.2) is 12.0 Å². The SMILES string of the molecule is O=Cc1ccc(CN2CCN(C3CCCC3)CC2)o1. The monoisotopic (exact) mass is 262 g/mol. The van der Waals surface area contributed by atoms with Crippen LogP contribution in [-0.4, -0.2) is 48.3 Å². The van der Waals surface area contributed by atoms with Crippen molar-refractivity contribution in [3.63, 3.8) is 0 Å². The molecule has 2 heterocycles. The van der Waals surface area contributed by atoms with E-state index in [0.29, 0.717) is 5.76 Å². The molecule has 1 aromatic rings. The van der Waals surface area contributed by atoms with E-state index in [1.54, 1.807) is 6.07 Å². The van der Waals surface area contributed by atoms with Crippen molar-refractivity contribution < 1.29 is 9.21 Å². The molecular formula is C15H22N2O2. The molecule has 0 spiro atoms. The molecule has 0 N–H and O–H groups in total. The minimum atomic E-state index is 0.430. The quantitative estimate of drug-likeness (QED) is 0.779. The van der Waals surface area contributed by atoms with Crippen molar-refractivity contribution in [2.75, 3.05) is 26.2 Å². The highest BCUT2D eigenvalue weighted by Crippen LogP contribution is 2.24. The Kier molecular flexibility index (Phi) is 3.99. The van der Waals surface area contributed by atoms with Crippen LogP contribution < -0.4 is 0 Å². The summed E-state index contributed by atoms with van der Waals surface area (Å²) in [5.74, 6) is 1.33. The van der Waals surface area contributed by atoms with Crippen molar-refractivity contribution in [2.45, 2.75) is 38.3 Å². The second kappa shape index (κ2) is 5.88. The fourth-order valence-electron chi connectivity index (χ4n) is 3.32. The average Bonchev–Trinajstić information content (AvgIpc) is 3.10. The molecule has 2 fully saturated rings. The Morgan fingerprint density at radius 1 is 1.16 bits per heavy atom. The largest absolute Gasteiger partial charge is 0.457 e. The summed E-state index contributed by atoms with van der Waals surface area (Å²) in [5, 5.41) is 0. The summed E-state index contributed by atoms with van der Waals surface area (Å²) in [6, 6.07) is 4.50. The van der Waals surface area contributed by atoms with E-state index in [1.807, 2.05) is 6.07 Å². The van der Waals surface area contributed by atoms with Crippen LogP contribution in [0.25, 0.3) is 0 Å². The Hall–Kier alpha value is -1.13. The maximum atomic E-state index is 10.6. The topological polar surface area (TPSA) is 36.7 Å². The molecular weight excluding hydrogens is 240 g/mol. The van der Waals surface area contributed by atoms with Gasteiger partial charge < -0.3 is 4.42 Å². The van der Waals surface area contributed by atoms with E-state index in [2.05, 4.69) is 9.80 Å². The number of carbonyl (C=O) groups is 1. The Bertz CT molecular complexity index is 416. The van der Waals surface area contributed by atoms with Gasteiger partial charge in [0.05, 0.1) is 6.54 Å². The van der Waals surface area contributed by atoms with Crippen LogP contribution in [0.4, 0.5) is 0 Å². The zero-order valence-corrected chi connectivity index (χ0v) is 11.4. The van der Waals surface area contributed by atoms with Gasteiger partial charge in [-0.05, 0) is 25.0 Å². The molecule has 2 aliphatic rings. The van der Waals surface area contributed by atoms with Gasteiger partial charge in [0, 0.05) is 32.2 Å². The predicted molar refractivity (Wildman–Crippen MR) is 73.2 cm³/mol. The van der Waals surface area contributed by atoms with Crippen molar-refractivity contribution in [3.05, 3.63) is 23.7 Å². The Balaban J connectivity index is 1.48. The van der Waals surface area contributed by atoms with Crippen LogP contribution in [-0.2, 0) is 6.54 Å². The Labute approximate surface area is 114 Å². The van der Waals surface area contributed by atoms with Crippen LogP contribution in [0.3, 0.4) is 0 Å². The highest BCUT2D eigenvalue weighted by molar-refractivity contribution is 5.70. The molecule has 0 aromatic carbocycles. The Morgan fingerprint density at radius 2 is 1.89 bits per heavy atom. The molecule has 0 bridgehead atoms. The zero-order valence-electron chi connectivity index (χ0n) is 11.4. The first-order chi connectivity index (χ1) is 9.35. The van der Waals surface area contributed by atoms with E-state index < -0.39 is 0 Å². The molecule has 1 saturated carbocycles. The molecule has 0 amide bonds. The van der Waals surface area contributed by atoms with E-state index >= 15 is 0 Å². The van der Waals surface area contributed by atoms with Crippen molar-refractivity contribution in [1.82, 2.24) is 9.80 Å². The van der Waals surface area contributed by atoms with Gasteiger partial charge >= 0.3 is 0 Å². The smallest absolute Gasteiger partial charge is 0.185 e.